The monoisotopic (exact) mass is 291 g/mol. The summed E-state index contributed by atoms with van der Waals surface area (Å²) in [5.41, 5.74) is 0.278. The highest BCUT2D eigenvalue weighted by atomic mass is 19.4. The summed E-state index contributed by atoms with van der Waals surface area (Å²) in [6.07, 6.45) is -2.78. The molecule has 2 rings (SSSR count). The van der Waals surface area contributed by atoms with Gasteiger partial charge in [-0.25, -0.2) is 0 Å². The van der Waals surface area contributed by atoms with E-state index >= 15 is 0 Å². The lowest BCUT2D eigenvalue weighted by Gasteiger charge is -2.32. The van der Waals surface area contributed by atoms with Crippen LogP contribution in [0.4, 0.5) is 13.2 Å². The molecule has 0 N–H and O–H groups in total. The predicted molar refractivity (Wildman–Crippen MR) is 64.4 cm³/mol. The van der Waals surface area contributed by atoms with Crippen LogP contribution in [0.1, 0.15) is 23.2 Å². The number of alkyl halides is 3. The van der Waals surface area contributed by atoms with Gasteiger partial charge in [-0.3, -0.25) is 9.48 Å². The number of halogens is 3. The number of piperidine rings is 1. The van der Waals surface area contributed by atoms with E-state index in [0.717, 1.165) is 0 Å². The van der Waals surface area contributed by atoms with Gasteiger partial charge in [0.2, 0.25) is 5.88 Å². The molecule has 0 spiro atoms. The molecule has 5 nitrogen and oxygen atoms in total. The van der Waals surface area contributed by atoms with Gasteiger partial charge in [-0.1, -0.05) is 0 Å². The molecule has 0 saturated carbocycles. The summed E-state index contributed by atoms with van der Waals surface area (Å²) in [6, 6.07) is 0. The van der Waals surface area contributed by atoms with Crippen molar-refractivity contribution in [3.8, 4) is 5.88 Å². The van der Waals surface area contributed by atoms with E-state index in [1.165, 1.54) is 22.9 Å². The second-order valence-electron chi connectivity index (χ2n) is 4.83. The van der Waals surface area contributed by atoms with E-state index in [-0.39, 0.29) is 43.3 Å². The van der Waals surface area contributed by atoms with Crippen molar-refractivity contribution in [1.82, 2.24) is 14.7 Å². The molecule has 1 aliphatic rings. The average Bonchev–Trinajstić information content (AvgIpc) is 2.78. The standard InChI is InChI=1S/C12H16F3N3O2/c1-17-7-9(10(16-17)20-2)11(19)18-5-3-8(4-6-18)12(13,14)15/h7-8H,3-6H2,1-2H3. The van der Waals surface area contributed by atoms with Gasteiger partial charge in [0.1, 0.15) is 5.56 Å². The molecule has 0 unspecified atom stereocenters. The van der Waals surface area contributed by atoms with Gasteiger partial charge < -0.3 is 9.64 Å². The van der Waals surface area contributed by atoms with E-state index < -0.39 is 12.1 Å². The molecule has 20 heavy (non-hydrogen) atoms. The van der Waals surface area contributed by atoms with Crippen LogP contribution in [0.5, 0.6) is 5.88 Å². The number of methoxy groups -OCH3 is 1. The Balaban J connectivity index is 2.05. The van der Waals surface area contributed by atoms with Crippen molar-refractivity contribution in [2.75, 3.05) is 20.2 Å². The van der Waals surface area contributed by atoms with Gasteiger partial charge in [0.15, 0.2) is 0 Å². The number of nitrogens with zero attached hydrogens (tertiary/aromatic N) is 3. The second-order valence-corrected chi connectivity index (χ2v) is 4.83. The Bertz CT molecular complexity index is 491. The lowest BCUT2D eigenvalue weighted by molar-refractivity contribution is -0.183. The van der Waals surface area contributed by atoms with Gasteiger partial charge in [0.25, 0.3) is 5.91 Å². The van der Waals surface area contributed by atoms with Gasteiger partial charge in [0, 0.05) is 26.3 Å². The molecule has 8 heteroatoms. The normalized spacial score (nSPS) is 17.4. The molecule has 112 valence electrons. The number of amides is 1. The van der Waals surface area contributed by atoms with Crippen LogP contribution in [0.2, 0.25) is 0 Å². The fourth-order valence-corrected chi connectivity index (χ4v) is 2.35. The van der Waals surface area contributed by atoms with Crippen LogP contribution in [0.3, 0.4) is 0 Å². The van der Waals surface area contributed by atoms with Crippen molar-refractivity contribution in [1.29, 1.82) is 0 Å². The van der Waals surface area contributed by atoms with E-state index in [1.807, 2.05) is 0 Å². The third-order valence-corrected chi connectivity index (χ3v) is 3.46. The summed E-state index contributed by atoms with van der Waals surface area (Å²) in [5.74, 6) is -1.46. The maximum Gasteiger partial charge on any atom is 0.391 e. The first-order valence-electron chi connectivity index (χ1n) is 6.26. The van der Waals surface area contributed by atoms with Crippen LogP contribution < -0.4 is 4.74 Å². The van der Waals surface area contributed by atoms with Crippen molar-refractivity contribution in [3.05, 3.63) is 11.8 Å². The Kier molecular flexibility index (Phi) is 3.92. The maximum atomic E-state index is 12.6. The van der Waals surface area contributed by atoms with Crippen molar-refractivity contribution in [3.63, 3.8) is 0 Å². The third-order valence-electron chi connectivity index (χ3n) is 3.46. The lowest BCUT2D eigenvalue weighted by atomic mass is 9.96. The molecular formula is C12H16F3N3O2. The van der Waals surface area contributed by atoms with Crippen molar-refractivity contribution >= 4 is 5.91 Å². The van der Waals surface area contributed by atoms with Crippen LogP contribution in [-0.2, 0) is 7.05 Å². The minimum absolute atomic E-state index is 0.0577. The predicted octanol–water partition coefficient (Wildman–Crippen LogP) is 1.84. The van der Waals surface area contributed by atoms with E-state index in [9.17, 15) is 18.0 Å². The molecule has 0 aliphatic carbocycles. The minimum atomic E-state index is -4.18. The molecule has 0 aromatic carbocycles. The fraction of sp³-hybridized carbons (Fsp3) is 0.667. The smallest absolute Gasteiger partial charge is 0.391 e. The summed E-state index contributed by atoms with van der Waals surface area (Å²) >= 11 is 0. The molecule has 2 heterocycles. The number of ether oxygens (including phenoxy) is 1. The van der Waals surface area contributed by atoms with E-state index in [1.54, 1.807) is 7.05 Å². The minimum Gasteiger partial charge on any atom is -0.479 e. The number of rotatable bonds is 2. The van der Waals surface area contributed by atoms with Crippen LogP contribution in [0.25, 0.3) is 0 Å². The zero-order valence-electron chi connectivity index (χ0n) is 11.3. The van der Waals surface area contributed by atoms with Crippen molar-refractivity contribution in [2.45, 2.75) is 19.0 Å². The van der Waals surface area contributed by atoms with Gasteiger partial charge in [-0.2, -0.15) is 13.2 Å². The van der Waals surface area contributed by atoms with Crippen LogP contribution in [-0.4, -0.2) is 47.0 Å². The number of carbonyl (C=O) groups excluding carboxylic acids is 1. The van der Waals surface area contributed by atoms with Gasteiger partial charge in [-0.05, 0) is 12.8 Å². The second kappa shape index (κ2) is 5.34. The molecule has 1 amide bonds. The Hall–Kier alpha value is -1.73. The lowest BCUT2D eigenvalue weighted by Crippen LogP contribution is -2.42. The number of hydrogen-bond donors (Lipinski definition) is 0. The maximum absolute atomic E-state index is 12.6. The number of aromatic nitrogens is 2. The summed E-state index contributed by atoms with van der Waals surface area (Å²) in [7, 11) is 3.05. The zero-order valence-corrected chi connectivity index (χ0v) is 11.3. The van der Waals surface area contributed by atoms with E-state index in [4.69, 9.17) is 4.74 Å². The highest BCUT2D eigenvalue weighted by Crippen LogP contribution is 2.34. The van der Waals surface area contributed by atoms with Gasteiger partial charge in [0.05, 0.1) is 13.0 Å². The first-order valence-corrected chi connectivity index (χ1v) is 6.26. The molecule has 1 saturated heterocycles. The Morgan fingerprint density at radius 3 is 2.50 bits per heavy atom. The highest BCUT2D eigenvalue weighted by Gasteiger charge is 2.42. The number of aryl methyl sites for hydroxylation is 1. The Morgan fingerprint density at radius 1 is 1.40 bits per heavy atom. The fourth-order valence-electron chi connectivity index (χ4n) is 2.35. The third kappa shape index (κ3) is 2.88. The van der Waals surface area contributed by atoms with E-state index in [2.05, 4.69) is 5.10 Å². The van der Waals surface area contributed by atoms with Crippen LogP contribution in [0, 0.1) is 5.92 Å². The zero-order chi connectivity index (χ0) is 14.9. The van der Waals surface area contributed by atoms with Gasteiger partial charge in [-0.15, -0.1) is 5.10 Å². The summed E-state index contributed by atoms with van der Waals surface area (Å²) in [6.45, 7) is 0.197. The average molecular weight is 291 g/mol. The summed E-state index contributed by atoms with van der Waals surface area (Å²) in [4.78, 5) is 13.7. The van der Waals surface area contributed by atoms with Crippen LogP contribution in [0.15, 0.2) is 6.20 Å². The molecule has 1 aliphatic heterocycles. The number of hydrogen-bond acceptors (Lipinski definition) is 3. The van der Waals surface area contributed by atoms with Gasteiger partial charge >= 0.3 is 6.18 Å². The Labute approximate surface area is 114 Å². The largest absolute Gasteiger partial charge is 0.479 e. The SMILES string of the molecule is COc1nn(C)cc1C(=O)N1CCC(C(F)(F)F)CC1. The topological polar surface area (TPSA) is 47.4 Å². The molecule has 0 atom stereocenters. The first-order chi connectivity index (χ1) is 9.32. The van der Waals surface area contributed by atoms with E-state index in [0.29, 0.717) is 0 Å². The number of carbonyl (C=O) groups is 1. The molecule has 1 aromatic rings. The molecular weight excluding hydrogens is 275 g/mol. The highest BCUT2D eigenvalue weighted by molar-refractivity contribution is 5.96. The quantitative estimate of drug-likeness (QED) is 0.835. The molecule has 1 aromatic heterocycles. The van der Waals surface area contributed by atoms with Crippen LogP contribution >= 0.6 is 0 Å². The molecule has 1 fully saturated rings. The first kappa shape index (κ1) is 14.7. The summed E-state index contributed by atoms with van der Waals surface area (Å²) < 4.78 is 44.2. The molecule has 0 bridgehead atoms. The van der Waals surface area contributed by atoms with Crippen molar-refractivity contribution < 1.29 is 22.7 Å². The Morgan fingerprint density at radius 2 is 2.00 bits per heavy atom. The van der Waals surface area contributed by atoms with Crippen molar-refractivity contribution in [2.24, 2.45) is 13.0 Å². The molecule has 0 radical (unpaired) electrons. The number of likely N-dealkylation sites (tertiary alicyclic amines) is 1. The summed E-state index contributed by atoms with van der Waals surface area (Å²) in [5, 5.41) is 3.97.